The van der Waals surface area contributed by atoms with E-state index in [-0.39, 0.29) is 0 Å². The first-order valence-corrected chi connectivity index (χ1v) is 11.3. The third-order valence-corrected chi connectivity index (χ3v) is 5.56. The summed E-state index contributed by atoms with van der Waals surface area (Å²) in [6.07, 6.45) is 12.2. The summed E-state index contributed by atoms with van der Waals surface area (Å²) in [4.78, 5) is 9.20. The van der Waals surface area contributed by atoms with Crippen molar-refractivity contribution in [3.8, 4) is 22.5 Å². The Bertz CT molecular complexity index is 1290. The summed E-state index contributed by atoms with van der Waals surface area (Å²) in [5.74, 6) is 0. The lowest BCUT2D eigenvalue weighted by atomic mass is 10.1. The van der Waals surface area contributed by atoms with Crippen molar-refractivity contribution in [2.24, 2.45) is 0 Å². The number of rotatable bonds is 6. The van der Waals surface area contributed by atoms with E-state index in [1.54, 1.807) is 0 Å². The predicted molar refractivity (Wildman–Crippen MR) is 144 cm³/mol. The number of benzene rings is 3. The second kappa shape index (κ2) is 10.4. The Morgan fingerprint density at radius 3 is 1.24 bits per heavy atom. The summed E-state index contributed by atoms with van der Waals surface area (Å²) in [6, 6.07) is 37.2. The molecule has 0 radical (unpaired) electrons. The zero-order valence-corrected chi connectivity index (χ0v) is 18.8. The van der Waals surface area contributed by atoms with Gasteiger partial charge in [-0.3, -0.25) is 9.97 Å². The molecule has 5 aromatic rings. The van der Waals surface area contributed by atoms with Gasteiger partial charge < -0.3 is 0 Å². The van der Waals surface area contributed by atoms with Gasteiger partial charge in [0.25, 0.3) is 0 Å². The van der Waals surface area contributed by atoms with Gasteiger partial charge in [-0.25, -0.2) is 0 Å². The number of nitrogens with zero attached hydrogens (tertiary/aromatic N) is 2. The monoisotopic (exact) mass is 436 g/mol. The van der Waals surface area contributed by atoms with Crippen molar-refractivity contribution in [3.63, 3.8) is 0 Å². The summed E-state index contributed by atoms with van der Waals surface area (Å²) in [5, 5.41) is 0. The maximum absolute atomic E-state index is 4.60. The highest BCUT2D eigenvalue weighted by Crippen LogP contribution is 2.19. The standard InChI is InChI=1S/C32H24N2/c1-3-10-29(11-4-1)31-20-18-27(23-33-31)16-14-25-8-7-9-26(22-25)15-17-28-19-21-32(34-24-28)30-12-5-2-6-13-30/h1-24H/b16-14-,17-15?. The van der Waals surface area contributed by atoms with E-state index in [2.05, 4.69) is 107 Å². The molecule has 0 aliphatic carbocycles. The minimum absolute atomic E-state index is 0.983. The van der Waals surface area contributed by atoms with Crippen LogP contribution in [0.1, 0.15) is 22.3 Å². The molecule has 162 valence electrons. The van der Waals surface area contributed by atoms with Gasteiger partial charge in [-0.1, -0.05) is 115 Å². The van der Waals surface area contributed by atoms with Gasteiger partial charge in [-0.05, 0) is 40.5 Å². The zero-order chi connectivity index (χ0) is 23.0. The molecular formula is C32H24N2. The summed E-state index contributed by atoms with van der Waals surface area (Å²) >= 11 is 0. The Balaban J connectivity index is 1.25. The van der Waals surface area contributed by atoms with Gasteiger partial charge in [0.05, 0.1) is 11.4 Å². The highest BCUT2D eigenvalue weighted by molar-refractivity contribution is 5.75. The molecule has 2 nitrogen and oxygen atoms in total. The van der Waals surface area contributed by atoms with Crippen molar-refractivity contribution in [2.75, 3.05) is 0 Å². The fraction of sp³-hybridized carbons (Fsp3) is 0. The molecule has 2 aromatic heterocycles. The molecule has 0 N–H and O–H groups in total. The van der Waals surface area contributed by atoms with Gasteiger partial charge in [0, 0.05) is 23.5 Å². The maximum atomic E-state index is 4.60. The van der Waals surface area contributed by atoms with Gasteiger partial charge in [-0.15, -0.1) is 0 Å². The number of aromatic nitrogens is 2. The molecular weight excluding hydrogens is 412 g/mol. The van der Waals surface area contributed by atoms with Gasteiger partial charge in [0.1, 0.15) is 0 Å². The van der Waals surface area contributed by atoms with Crippen molar-refractivity contribution in [2.45, 2.75) is 0 Å². The molecule has 2 heteroatoms. The van der Waals surface area contributed by atoms with Crippen LogP contribution in [0.3, 0.4) is 0 Å². The first kappa shape index (κ1) is 21.3. The Morgan fingerprint density at radius 1 is 0.382 bits per heavy atom. The first-order chi connectivity index (χ1) is 16.8. The van der Waals surface area contributed by atoms with Gasteiger partial charge in [0.15, 0.2) is 0 Å². The topological polar surface area (TPSA) is 25.8 Å². The van der Waals surface area contributed by atoms with E-state index in [0.29, 0.717) is 0 Å². The molecule has 0 atom stereocenters. The summed E-state index contributed by atoms with van der Waals surface area (Å²) in [7, 11) is 0. The fourth-order valence-electron chi connectivity index (χ4n) is 3.72. The average Bonchev–Trinajstić information content (AvgIpc) is 2.93. The average molecular weight is 437 g/mol. The maximum Gasteiger partial charge on any atom is 0.0702 e. The molecule has 0 amide bonds. The van der Waals surface area contributed by atoms with Crippen molar-refractivity contribution in [1.82, 2.24) is 9.97 Å². The van der Waals surface area contributed by atoms with Crippen LogP contribution in [-0.2, 0) is 0 Å². The highest BCUT2D eigenvalue weighted by atomic mass is 14.7. The molecule has 0 fully saturated rings. The lowest BCUT2D eigenvalue weighted by Gasteiger charge is -2.02. The zero-order valence-electron chi connectivity index (χ0n) is 18.8. The van der Waals surface area contributed by atoms with Crippen molar-refractivity contribution in [1.29, 1.82) is 0 Å². The molecule has 5 rings (SSSR count). The van der Waals surface area contributed by atoms with Crippen LogP contribution in [0.15, 0.2) is 122 Å². The largest absolute Gasteiger partial charge is 0.256 e. The van der Waals surface area contributed by atoms with Crippen LogP contribution < -0.4 is 0 Å². The smallest absolute Gasteiger partial charge is 0.0702 e. The van der Waals surface area contributed by atoms with Crippen LogP contribution in [0, 0.1) is 0 Å². The molecule has 34 heavy (non-hydrogen) atoms. The molecule has 0 aliphatic heterocycles. The first-order valence-electron chi connectivity index (χ1n) is 11.3. The van der Waals surface area contributed by atoms with Crippen LogP contribution in [0.2, 0.25) is 0 Å². The van der Waals surface area contributed by atoms with Crippen LogP contribution in [0.4, 0.5) is 0 Å². The Morgan fingerprint density at radius 2 is 0.824 bits per heavy atom. The van der Waals surface area contributed by atoms with Crippen molar-refractivity contribution in [3.05, 3.63) is 144 Å². The lowest BCUT2D eigenvalue weighted by Crippen LogP contribution is -1.84. The quantitative estimate of drug-likeness (QED) is 0.268. The van der Waals surface area contributed by atoms with Gasteiger partial charge >= 0.3 is 0 Å². The second-order valence-corrected chi connectivity index (χ2v) is 8.02. The Kier molecular flexibility index (Phi) is 6.50. The summed E-state index contributed by atoms with van der Waals surface area (Å²) in [5.41, 5.74) is 8.66. The van der Waals surface area contributed by atoms with Crippen LogP contribution in [0.25, 0.3) is 46.8 Å². The van der Waals surface area contributed by atoms with E-state index < -0.39 is 0 Å². The molecule has 0 unspecified atom stereocenters. The van der Waals surface area contributed by atoms with Crippen molar-refractivity contribution < 1.29 is 0 Å². The Hall–Kier alpha value is -4.56. The second-order valence-electron chi connectivity index (χ2n) is 8.02. The normalized spacial score (nSPS) is 11.3. The van der Waals surface area contributed by atoms with Crippen LogP contribution in [-0.4, -0.2) is 9.97 Å². The number of hydrogen-bond donors (Lipinski definition) is 0. The van der Waals surface area contributed by atoms with Crippen LogP contribution in [0.5, 0.6) is 0 Å². The van der Waals surface area contributed by atoms with E-state index >= 15 is 0 Å². The highest BCUT2D eigenvalue weighted by Gasteiger charge is 1.99. The molecule has 0 aliphatic rings. The Labute approximate surface area is 200 Å². The molecule has 0 saturated carbocycles. The third-order valence-electron chi connectivity index (χ3n) is 5.56. The molecule has 0 bridgehead atoms. The lowest BCUT2D eigenvalue weighted by molar-refractivity contribution is 1.31. The van der Waals surface area contributed by atoms with E-state index in [9.17, 15) is 0 Å². The summed E-state index contributed by atoms with van der Waals surface area (Å²) in [6.45, 7) is 0. The minimum atomic E-state index is 0.983. The van der Waals surface area contributed by atoms with E-state index in [1.807, 2.05) is 48.8 Å². The van der Waals surface area contributed by atoms with Crippen LogP contribution >= 0.6 is 0 Å². The molecule has 0 saturated heterocycles. The van der Waals surface area contributed by atoms with E-state index in [4.69, 9.17) is 0 Å². The summed E-state index contributed by atoms with van der Waals surface area (Å²) < 4.78 is 0. The fourth-order valence-corrected chi connectivity index (χ4v) is 3.72. The molecule has 3 aromatic carbocycles. The molecule has 2 heterocycles. The predicted octanol–water partition coefficient (Wildman–Crippen LogP) is 8.15. The van der Waals surface area contributed by atoms with Gasteiger partial charge in [-0.2, -0.15) is 0 Å². The number of pyridine rings is 2. The molecule has 0 spiro atoms. The third kappa shape index (κ3) is 5.43. The SMILES string of the molecule is C(=Cc1cccc(/C=C\c2ccc(-c3ccccc3)nc2)c1)c1ccc(-c2ccccc2)nc1. The van der Waals surface area contributed by atoms with E-state index in [1.165, 1.54) is 0 Å². The van der Waals surface area contributed by atoms with E-state index in [0.717, 1.165) is 44.8 Å². The van der Waals surface area contributed by atoms with Crippen molar-refractivity contribution >= 4 is 24.3 Å². The number of hydrogen-bond acceptors (Lipinski definition) is 2. The van der Waals surface area contributed by atoms with Gasteiger partial charge in [0.2, 0.25) is 0 Å². The minimum Gasteiger partial charge on any atom is -0.256 e.